The minimum atomic E-state index is -4.49. The second kappa shape index (κ2) is 6.21. The number of alkyl halides is 3. The van der Waals surface area contributed by atoms with E-state index in [0.717, 1.165) is 12.4 Å². The van der Waals surface area contributed by atoms with Crippen LogP contribution in [0, 0.1) is 5.92 Å². The number of alkyl carbamates (subject to hydrolysis) is 1. The summed E-state index contributed by atoms with van der Waals surface area (Å²) in [6.45, 7) is 6.75. The topological polar surface area (TPSA) is 67.3 Å². The second-order valence-electron chi connectivity index (χ2n) is 6.41. The van der Waals surface area contributed by atoms with Gasteiger partial charge in [0, 0.05) is 31.6 Å². The molecule has 0 spiro atoms. The van der Waals surface area contributed by atoms with Gasteiger partial charge >= 0.3 is 12.3 Å². The summed E-state index contributed by atoms with van der Waals surface area (Å²) in [6.07, 6.45) is -4.08. The van der Waals surface area contributed by atoms with Crippen LogP contribution in [0.1, 0.15) is 26.5 Å². The molecule has 23 heavy (non-hydrogen) atoms. The van der Waals surface area contributed by atoms with Crippen LogP contribution in [0.3, 0.4) is 0 Å². The van der Waals surface area contributed by atoms with Crippen LogP contribution < -0.4 is 10.2 Å². The van der Waals surface area contributed by atoms with Gasteiger partial charge in [0.1, 0.15) is 23.4 Å². The van der Waals surface area contributed by atoms with Crippen molar-refractivity contribution < 1.29 is 22.7 Å². The summed E-state index contributed by atoms with van der Waals surface area (Å²) in [5, 5.41) is 2.65. The Morgan fingerprint density at radius 3 is 2.57 bits per heavy atom. The normalized spacial score (nSPS) is 16.0. The molecule has 1 saturated heterocycles. The van der Waals surface area contributed by atoms with Crippen molar-refractivity contribution in [3.05, 3.63) is 18.1 Å². The number of hydrogen-bond acceptors (Lipinski definition) is 5. The summed E-state index contributed by atoms with van der Waals surface area (Å²) >= 11 is 0. The standard InChI is InChI=1S/C14H19F3N4O2/c1-13(2,3)23-12(22)18-5-9-6-21(7-9)11-4-10(14(15,16)17)19-8-20-11/h4,8-9H,5-7H2,1-3H3,(H,18,22). The smallest absolute Gasteiger partial charge is 0.433 e. The highest BCUT2D eigenvalue weighted by molar-refractivity contribution is 5.67. The van der Waals surface area contributed by atoms with E-state index in [1.807, 2.05) is 0 Å². The van der Waals surface area contributed by atoms with Gasteiger partial charge in [-0.3, -0.25) is 0 Å². The molecular formula is C14H19F3N4O2. The van der Waals surface area contributed by atoms with Gasteiger partial charge in [-0.2, -0.15) is 13.2 Å². The second-order valence-corrected chi connectivity index (χ2v) is 6.41. The lowest BCUT2D eigenvalue weighted by Gasteiger charge is -2.40. The van der Waals surface area contributed by atoms with Crippen LogP contribution in [0.4, 0.5) is 23.8 Å². The maximum Gasteiger partial charge on any atom is 0.433 e. The molecule has 1 aliphatic rings. The van der Waals surface area contributed by atoms with Gasteiger partial charge in [-0.15, -0.1) is 0 Å². The molecule has 0 bridgehead atoms. The van der Waals surface area contributed by atoms with E-state index in [2.05, 4.69) is 15.3 Å². The molecule has 0 unspecified atom stereocenters. The van der Waals surface area contributed by atoms with Crippen molar-refractivity contribution in [3.8, 4) is 0 Å². The van der Waals surface area contributed by atoms with Crippen molar-refractivity contribution in [2.45, 2.75) is 32.5 Å². The van der Waals surface area contributed by atoms with Crippen LogP contribution >= 0.6 is 0 Å². The fourth-order valence-corrected chi connectivity index (χ4v) is 2.10. The Kier molecular flexibility index (Phi) is 4.67. The first-order valence-corrected chi connectivity index (χ1v) is 7.15. The van der Waals surface area contributed by atoms with Crippen molar-refractivity contribution in [2.75, 3.05) is 24.5 Å². The maximum absolute atomic E-state index is 12.6. The number of carbonyl (C=O) groups excluding carboxylic acids is 1. The number of anilines is 1. The minimum Gasteiger partial charge on any atom is -0.444 e. The Hall–Kier alpha value is -2.06. The summed E-state index contributed by atoms with van der Waals surface area (Å²) in [5.41, 5.74) is -1.53. The van der Waals surface area contributed by atoms with Gasteiger partial charge < -0.3 is 15.0 Å². The van der Waals surface area contributed by atoms with Crippen LogP contribution in [-0.4, -0.2) is 41.3 Å². The average molecular weight is 332 g/mol. The predicted molar refractivity (Wildman–Crippen MR) is 77.0 cm³/mol. The first-order valence-electron chi connectivity index (χ1n) is 7.15. The molecule has 9 heteroatoms. The lowest BCUT2D eigenvalue weighted by molar-refractivity contribution is -0.141. The number of rotatable bonds is 3. The van der Waals surface area contributed by atoms with Crippen LogP contribution in [-0.2, 0) is 10.9 Å². The monoisotopic (exact) mass is 332 g/mol. The molecule has 1 aromatic heterocycles. The van der Waals surface area contributed by atoms with Crippen molar-refractivity contribution >= 4 is 11.9 Å². The zero-order chi connectivity index (χ0) is 17.3. The SMILES string of the molecule is CC(C)(C)OC(=O)NCC1CN(c2cc(C(F)(F)F)ncn2)C1. The van der Waals surface area contributed by atoms with Gasteiger partial charge in [-0.1, -0.05) is 0 Å². The van der Waals surface area contributed by atoms with E-state index in [1.165, 1.54) is 0 Å². The molecule has 1 aromatic rings. The third-order valence-corrected chi connectivity index (χ3v) is 3.16. The largest absolute Gasteiger partial charge is 0.444 e. The van der Waals surface area contributed by atoms with E-state index in [0.29, 0.717) is 19.6 Å². The Bertz CT molecular complexity index is 566. The van der Waals surface area contributed by atoms with Crippen molar-refractivity contribution in [2.24, 2.45) is 5.92 Å². The third-order valence-electron chi connectivity index (χ3n) is 3.16. The molecule has 1 amide bonds. The van der Waals surface area contributed by atoms with E-state index in [4.69, 9.17) is 4.74 Å². The van der Waals surface area contributed by atoms with E-state index >= 15 is 0 Å². The van der Waals surface area contributed by atoms with Gasteiger partial charge in [0.25, 0.3) is 0 Å². The molecule has 1 aliphatic heterocycles. The number of nitrogens with one attached hydrogen (secondary N) is 1. The molecule has 0 aliphatic carbocycles. The number of halogens is 3. The fourth-order valence-electron chi connectivity index (χ4n) is 2.10. The molecule has 0 atom stereocenters. The first kappa shape index (κ1) is 17.3. The molecular weight excluding hydrogens is 313 g/mol. The summed E-state index contributed by atoms with van der Waals surface area (Å²) in [6, 6.07) is 0.928. The number of aromatic nitrogens is 2. The van der Waals surface area contributed by atoms with Crippen LogP contribution in [0.5, 0.6) is 0 Å². The van der Waals surface area contributed by atoms with Crippen molar-refractivity contribution in [1.29, 1.82) is 0 Å². The van der Waals surface area contributed by atoms with Crippen LogP contribution in [0.2, 0.25) is 0 Å². The van der Waals surface area contributed by atoms with Crippen molar-refractivity contribution in [3.63, 3.8) is 0 Å². The van der Waals surface area contributed by atoms with Gasteiger partial charge in [0.2, 0.25) is 0 Å². The molecule has 128 valence electrons. The van der Waals surface area contributed by atoms with Crippen LogP contribution in [0.15, 0.2) is 12.4 Å². The summed E-state index contributed by atoms with van der Waals surface area (Å²) in [5.74, 6) is 0.382. The Morgan fingerprint density at radius 1 is 1.35 bits per heavy atom. The maximum atomic E-state index is 12.6. The molecule has 0 saturated carbocycles. The Labute approximate surface area is 132 Å². The van der Waals surface area contributed by atoms with E-state index in [9.17, 15) is 18.0 Å². The van der Waals surface area contributed by atoms with E-state index in [1.54, 1.807) is 25.7 Å². The van der Waals surface area contributed by atoms with Gasteiger partial charge in [-0.05, 0) is 20.8 Å². The molecule has 1 fully saturated rings. The van der Waals surface area contributed by atoms with Gasteiger partial charge in [0.05, 0.1) is 0 Å². The zero-order valence-corrected chi connectivity index (χ0v) is 13.1. The lowest BCUT2D eigenvalue weighted by atomic mass is 10.0. The highest BCUT2D eigenvalue weighted by atomic mass is 19.4. The van der Waals surface area contributed by atoms with Gasteiger partial charge in [0.15, 0.2) is 0 Å². The first-order chi connectivity index (χ1) is 10.5. The highest BCUT2D eigenvalue weighted by Crippen LogP contribution is 2.30. The molecule has 0 radical (unpaired) electrons. The number of nitrogens with zero attached hydrogens (tertiary/aromatic N) is 3. The molecule has 2 heterocycles. The molecule has 6 nitrogen and oxygen atoms in total. The quantitative estimate of drug-likeness (QED) is 0.921. The molecule has 1 N–H and O–H groups in total. The van der Waals surface area contributed by atoms with Crippen molar-refractivity contribution in [1.82, 2.24) is 15.3 Å². The summed E-state index contributed by atoms with van der Waals surface area (Å²) < 4.78 is 42.9. The van der Waals surface area contributed by atoms with E-state index in [-0.39, 0.29) is 11.7 Å². The predicted octanol–water partition coefficient (Wildman–Crippen LogP) is 2.46. The number of hydrogen-bond donors (Lipinski definition) is 1. The Balaban J connectivity index is 1.80. The van der Waals surface area contributed by atoms with Crippen LogP contribution in [0.25, 0.3) is 0 Å². The van der Waals surface area contributed by atoms with Gasteiger partial charge in [-0.25, -0.2) is 14.8 Å². The molecule has 2 rings (SSSR count). The summed E-state index contributed by atoms with van der Waals surface area (Å²) in [7, 11) is 0. The fraction of sp³-hybridized carbons (Fsp3) is 0.643. The molecule has 0 aromatic carbocycles. The minimum absolute atomic E-state index is 0.145. The zero-order valence-electron chi connectivity index (χ0n) is 13.1. The Morgan fingerprint density at radius 2 is 2.00 bits per heavy atom. The number of amides is 1. The highest BCUT2D eigenvalue weighted by Gasteiger charge is 2.35. The van der Waals surface area contributed by atoms with E-state index < -0.39 is 23.6 Å². The average Bonchev–Trinajstić information content (AvgIpc) is 2.34. The third kappa shape index (κ3) is 4.97. The lowest BCUT2D eigenvalue weighted by Crippen LogP contribution is -2.52. The summed E-state index contributed by atoms with van der Waals surface area (Å²) in [4.78, 5) is 20.3. The number of carbonyl (C=O) groups is 1. The number of ether oxygens (including phenoxy) is 1.